The second-order valence-corrected chi connectivity index (χ2v) is 6.04. The van der Waals surface area contributed by atoms with Crippen LogP contribution < -0.4 is 5.32 Å². The number of nitrogens with one attached hydrogen (secondary N) is 1. The lowest BCUT2D eigenvalue weighted by Gasteiger charge is -2.27. The molecule has 1 fully saturated rings. The molecule has 0 spiro atoms. The van der Waals surface area contributed by atoms with Crippen LogP contribution in [0.3, 0.4) is 0 Å². The van der Waals surface area contributed by atoms with Crippen LogP contribution in [-0.2, 0) is 0 Å². The van der Waals surface area contributed by atoms with Crippen LogP contribution >= 0.6 is 11.6 Å². The molecule has 1 atom stereocenters. The van der Waals surface area contributed by atoms with Crippen LogP contribution in [-0.4, -0.2) is 7.05 Å². The van der Waals surface area contributed by atoms with Gasteiger partial charge in [-0.1, -0.05) is 54.4 Å². The van der Waals surface area contributed by atoms with Crippen LogP contribution in [0, 0.1) is 5.82 Å². The summed E-state index contributed by atoms with van der Waals surface area (Å²) in [4.78, 5) is 0. The molecule has 1 aliphatic rings. The van der Waals surface area contributed by atoms with Crippen molar-refractivity contribution in [1.29, 1.82) is 0 Å². The van der Waals surface area contributed by atoms with Crippen LogP contribution in [0.1, 0.15) is 47.9 Å². The van der Waals surface area contributed by atoms with Gasteiger partial charge in [0.1, 0.15) is 5.82 Å². The molecule has 3 heteroatoms. The van der Waals surface area contributed by atoms with Crippen LogP contribution in [0.15, 0.2) is 42.5 Å². The second kappa shape index (κ2) is 6.17. The minimum absolute atomic E-state index is 0.0896. The molecule has 3 rings (SSSR count). The fourth-order valence-corrected chi connectivity index (χ4v) is 3.21. The fraction of sp³-hybridized carbons (Fsp3) is 0.333. The van der Waals surface area contributed by atoms with Gasteiger partial charge >= 0.3 is 0 Å². The van der Waals surface area contributed by atoms with Crippen molar-refractivity contribution in [2.45, 2.75) is 31.2 Å². The number of halogens is 2. The van der Waals surface area contributed by atoms with E-state index in [2.05, 4.69) is 29.6 Å². The maximum atomic E-state index is 13.7. The Hall–Kier alpha value is -1.38. The second-order valence-electron chi connectivity index (χ2n) is 5.66. The van der Waals surface area contributed by atoms with E-state index >= 15 is 0 Å². The van der Waals surface area contributed by atoms with Gasteiger partial charge in [-0.05, 0) is 48.6 Å². The number of rotatable bonds is 4. The summed E-state index contributed by atoms with van der Waals surface area (Å²) in [6.45, 7) is 0. The summed E-state index contributed by atoms with van der Waals surface area (Å²) in [5, 5.41) is 3.45. The molecule has 0 aliphatic heterocycles. The maximum absolute atomic E-state index is 13.7. The normalized spacial score (nSPS) is 16.5. The zero-order valence-corrected chi connectivity index (χ0v) is 12.8. The van der Waals surface area contributed by atoms with Gasteiger partial charge in [0.05, 0.1) is 11.1 Å². The van der Waals surface area contributed by atoms with Gasteiger partial charge in [-0.3, -0.25) is 0 Å². The third-order valence-electron chi connectivity index (χ3n) is 4.40. The lowest BCUT2D eigenvalue weighted by Crippen LogP contribution is -2.19. The number of hydrogen-bond donors (Lipinski definition) is 1. The maximum Gasteiger partial charge on any atom is 0.142 e. The van der Waals surface area contributed by atoms with Gasteiger partial charge in [-0.2, -0.15) is 0 Å². The van der Waals surface area contributed by atoms with Crippen molar-refractivity contribution in [3.63, 3.8) is 0 Å². The molecule has 0 bridgehead atoms. The summed E-state index contributed by atoms with van der Waals surface area (Å²) < 4.78 is 13.7. The molecule has 0 heterocycles. The van der Waals surface area contributed by atoms with Crippen LogP contribution in [0.4, 0.5) is 4.39 Å². The molecule has 0 radical (unpaired) electrons. The minimum atomic E-state index is -0.371. The van der Waals surface area contributed by atoms with Crippen molar-refractivity contribution in [2.75, 3.05) is 7.05 Å². The van der Waals surface area contributed by atoms with Crippen LogP contribution in [0.5, 0.6) is 0 Å². The molecular formula is C18H19ClFN. The van der Waals surface area contributed by atoms with Crippen molar-refractivity contribution in [3.05, 3.63) is 70.0 Å². The van der Waals surface area contributed by atoms with E-state index in [0.717, 1.165) is 11.1 Å². The first kappa shape index (κ1) is 14.6. The zero-order chi connectivity index (χ0) is 14.8. The molecule has 2 aromatic carbocycles. The molecule has 0 aromatic heterocycles. The summed E-state index contributed by atoms with van der Waals surface area (Å²) in [5.41, 5.74) is 3.30. The van der Waals surface area contributed by atoms with E-state index < -0.39 is 0 Å². The first-order chi connectivity index (χ1) is 10.2. The largest absolute Gasteiger partial charge is 0.309 e. The lowest BCUT2D eigenvalue weighted by molar-refractivity contribution is 0.419. The highest BCUT2D eigenvalue weighted by molar-refractivity contribution is 6.31. The average molecular weight is 304 g/mol. The third-order valence-corrected chi connectivity index (χ3v) is 4.80. The topological polar surface area (TPSA) is 12.0 Å². The Kier molecular flexibility index (Phi) is 4.27. The summed E-state index contributed by atoms with van der Waals surface area (Å²) >= 11 is 6.14. The summed E-state index contributed by atoms with van der Waals surface area (Å²) in [6.07, 6.45) is 3.86. The Morgan fingerprint density at radius 1 is 1.19 bits per heavy atom. The Bertz CT molecular complexity index is 637. The highest BCUT2D eigenvalue weighted by Crippen LogP contribution is 2.38. The van der Waals surface area contributed by atoms with E-state index in [0.29, 0.717) is 5.92 Å². The molecular weight excluding hydrogens is 285 g/mol. The van der Waals surface area contributed by atoms with E-state index in [1.54, 1.807) is 6.07 Å². The van der Waals surface area contributed by atoms with Gasteiger partial charge < -0.3 is 5.32 Å². The predicted molar refractivity (Wildman–Crippen MR) is 85.3 cm³/mol. The summed E-state index contributed by atoms with van der Waals surface area (Å²) in [6, 6.07) is 13.5. The van der Waals surface area contributed by atoms with Gasteiger partial charge in [-0.25, -0.2) is 4.39 Å². The molecule has 0 amide bonds. The van der Waals surface area contributed by atoms with Crippen molar-refractivity contribution < 1.29 is 4.39 Å². The predicted octanol–water partition coefficient (Wildman–Crippen LogP) is 5.06. The number of benzene rings is 2. The van der Waals surface area contributed by atoms with Crippen LogP contribution in [0.2, 0.25) is 5.02 Å². The highest BCUT2D eigenvalue weighted by Gasteiger charge is 2.22. The van der Waals surface area contributed by atoms with E-state index in [4.69, 9.17) is 11.6 Å². The third kappa shape index (κ3) is 2.83. The molecule has 110 valence electrons. The molecule has 1 unspecified atom stereocenters. The van der Waals surface area contributed by atoms with Crippen molar-refractivity contribution in [3.8, 4) is 0 Å². The molecule has 2 aromatic rings. The average Bonchev–Trinajstić information content (AvgIpc) is 2.43. The highest BCUT2D eigenvalue weighted by atomic mass is 35.5. The van der Waals surface area contributed by atoms with E-state index in [1.807, 2.05) is 13.1 Å². The monoisotopic (exact) mass is 303 g/mol. The zero-order valence-electron chi connectivity index (χ0n) is 12.1. The summed E-state index contributed by atoms with van der Waals surface area (Å²) in [7, 11) is 1.88. The SMILES string of the molecule is CNC(c1cccc(C2CCC2)c1)c1cccc(F)c1Cl. The van der Waals surface area contributed by atoms with Gasteiger partial charge in [0, 0.05) is 0 Å². The van der Waals surface area contributed by atoms with E-state index in [-0.39, 0.29) is 16.9 Å². The van der Waals surface area contributed by atoms with Crippen LogP contribution in [0.25, 0.3) is 0 Å². The standard InChI is InChI=1S/C18H19ClFN/c1-21-18(15-9-4-10-16(20)17(15)19)14-8-3-7-13(11-14)12-5-2-6-12/h3-4,7-12,18,21H,2,5-6H2,1H3. The van der Waals surface area contributed by atoms with E-state index in [9.17, 15) is 4.39 Å². The van der Waals surface area contributed by atoms with E-state index in [1.165, 1.54) is 30.9 Å². The Morgan fingerprint density at radius 3 is 2.62 bits per heavy atom. The Labute approximate surface area is 130 Å². The van der Waals surface area contributed by atoms with Gasteiger partial charge in [0.2, 0.25) is 0 Å². The molecule has 1 aliphatic carbocycles. The minimum Gasteiger partial charge on any atom is -0.309 e. The van der Waals surface area contributed by atoms with Gasteiger partial charge in [0.15, 0.2) is 0 Å². The molecule has 0 saturated heterocycles. The quantitative estimate of drug-likeness (QED) is 0.833. The number of hydrogen-bond acceptors (Lipinski definition) is 1. The van der Waals surface area contributed by atoms with Crippen molar-refractivity contribution in [2.24, 2.45) is 0 Å². The molecule has 1 saturated carbocycles. The Morgan fingerprint density at radius 2 is 1.95 bits per heavy atom. The van der Waals surface area contributed by atoms with Crippen molar-refractivity contribution >= 4 is 11.6 Å². The first-order valence-electron chi connectivity index (χ1n) is 7.41. The molecule has 1 nitrogen and oxygen atoms in total. The molecule has 21 heavy (non-hydrogen) atoms. The smallest absolute Gasteiger partial charge is 0.142 e. The van der Waals surface area contributed by atoms with Crippen molar-refractivity contribution in [1.82, 2.24) is 5.32 Å². The summed E-state index contributed by atoms with van der Waals surface area (Å²) in [5.74, 6) is 0.315. The lowest BCUT2D eigenvalue weighted by atomic mass is 9.79. The Balaban J connectivity index is 1.97. The van der Waals surface area contributed by atoms with Gasteiger partial charge in [-0.15, -0.1) is 0 Å². The first-order valence-corrected chi connectivity index (χ1v) is 7.79. The fourth-order valence-electron chi connectivity index (χ4n) is 2.98. The molecule has 1 N–H and O–H groups in total. The van der Waals surface area contributed by atoms with Gasteiger partial charge in [0.25, 0.3) is 0 Å².